The predicted octanol–water partition coefficient (Wildman–Crippen LogP) is 3.72. The highest BCUT2D eigenvalue weighted by Gasteiger charge is 2.23. The number of rotatable bonds is 6. The SMILES string of the molecule is Cc1n[nH]c(C)c1-c1cc(C(=O)c2nc3nc(N4CCC(N(C)C)CC4)ccc3[nH]2)ccc1C=N. The Balaban J connectivity index is 1.44. The van der Waals surface area contributed by atoms with Crippen molar-refractivity contribution in [3.8, 4) is 11.1 Å². The van der Waals surface area contributed by atoms with E-state index >= 15 is 0 Å². The highest BCUT2D eigenvalue weighted by Crippen LogP contribution is 2.30. The molecule has 0 atom stereocenters. The first-order chi connectivity index (χ1) is 16.9. The minimum absolute atomic E-state index is 0.215. The maximum absolute atomic E-state index is 13.4. The normalized spacial score (nSPS) is 14.7. The number of hydrogen-bond acceptors (Lipinski definition) is 7. The summed E-state index contributed by atoms with van der Waals surface area (Å²) in [4.78, 5) is 30.4. The van der Waals surface area contributed by atoms with E-state index in [0.29, 0.717) is 17.3 Å². The molecule has 0 unspecified atom stereocenters. The van der Waals surface area contributed by atoms with Crippen molar-refractivity contribution in [2.24, 2.45) is 0 Å². The zero-order valence-corrected chi connectivity index (χ0v) is 20.5. The summed E-state index contributed by atoms with van der Waals surface area (Å²) in [6.07, 6.45) is 3.49. The van der Waals surface area contributed by atoms with Crippen LogP contribution in [0.5, 0.6) is 0 Å². The molecule has 180 valence electrons. The number of anilines is 1. The van der Waals surface area contributed by atoms with Crippen molar-refractivity contribution in [2.75, 3.05) is 32.1 Å². The van der Waals surface area contributed by atoms with Crippen molar-refractivity contribution >= 4 is 29.0 Å². The number of benzene rings is 1. The van der Waals surface area contributed by atoms with E-state index in [4.69, 9.17) is 10.4 Å². The first kappa shape index (κ1) is 22.9. The number of aryl methyl sites for hydroxylation is 2. The Hall–Kier alpha value is -3.85. The van der Waals surface area contributed by atoms with Crippen molar-refractivity contribution in [1.29, 1.82) is 5.41 Å². The molecule has 3 N–H and O–H groups in total. The Morgan fingerprint density at radius 3 is 2.57 bits per heavy atom. The van der Waals surface area contributed by atoms with Gasteiger partial charge in [-0.15, -0.1) is 0 Å². The lowest BCUT2D eigenvalue weighted by atomic mass is 9.95. The molecule has 0 radical (unpaired) electrons. The number of carbonyl (C=O) groups is 1. The molecule has 0 bridgehead atoms. The lowest BCUT2D eigenvalue weighted by molar-refractivity contribution is 0.103. The summed E-state index contributed by atoms with van der Waals surface area (Å²) in [6, 6.07) is 9.88. The van der Waals surface area contributed by atoms with Crippen LogP contribution in [0.2, 0.25) is 0 Å². The number of piperidine rings is 1. The van der Waals surface area contributed by atoms with Gasteiger partial charge >= 0.3 is 0 Å². The van der Waals surface area contributed by atoms with Gasteiger partial charge in [0.1, 0.15) is 5.82 Å². The Morgan fingerprint density at radius 2 is 1.91 bits per heavy atom. The third kappa shape index (κ3) is 4.23. The number of aromatic nitrogens is 5. The van der Waals surface area contributed by atoms with Gasteiger partial charge in [-0.1, -0.05) is 12.1 Å². The predicted molar refractivity (Wildman–Crippen MR) is 138 cm³/mol. The molecule has 35 heavy (non-hydrogen) atoms. The van der Waals surface area contributed by atoms with Gasteiger partial charge in [0.25, 0.3) is 0 Å². The van der Waals surface area contributed by atoms with Crippen molar-refractivity contribution in [3.05, 3.63) is 58.7 Å². The van der Waals surface area contributed by atoms with Crippen LogP contribution in [0.1, 0.15) is 46.0 Å². The summed E-state index contributed by atoms with van der Waals surface area (Å²) in [5, 5.41) is 15.1. The Bertz CT molecular complexity index is 1390. The van der Waals surface area contributed by atoms with E-state index < -0.39 is 0 Å². The van der Waals surface area contributed by atoms with Crippen molar-refractivity contribution in [3.63, 3.8) is 0 Å². The Labute approximate surface area is 204 Å². The van der Waals surface area contributed by atoms with Gasteiger partial charge < -0.3 is 20.2 Å². The molecule has 9 heteroatoms. The number of aromatic amines is 2. The molecule has 0 saturated carbocycles. The van der Waals surface area contributed by atoms with Crippen LogP contribution in [0.15, 0.2) is 30.3 Å². The number of nitrogens with one attached hydrogen (secondary N) is 3. The summed E-state index contributed by atoms with van der Waals surface area (Å²) in [5.74, 6) is 0.932. The fraction of sp³-hybridized carbons (Fsp3) is 0.346. The average Bonchev–Trinajstić information content (AvgIpc) is 3.45. The number of nitrogens with zero attached hydrogens (tertiary/aromatic N) is 5. The lowest BCUT2D eigenvalue weighted by Crippen LogP contribution is -2.42. The van der Waals surface area contributed by atoms with Crippen LogP contribution in [0, 0.1) is 19.3 Å². The van der Waals surface area contributed by atoms with Gasteiger partial charge in [-0.3, -0.25) is 9.89 Å². The topological polar surface area (TPSA) is 118 Å². The standard InChI is InChI=1S/C26H30N8O/c1-15-23(16(2)32-31-15)20-13-17(5-6-18(20)14-27)24(35)26-28-21-7-8-22(29-25(21)30-26)34-11-9-19(10-12-34)33(3)4/h5-8,13-14,19,27H,9-12H2,1-4H3,(H,31,32)(H,28,29,30). The van der Waals surface area contributed by atoms with E-state index in [-0.39, 0.29) is 11.6 Å². The third-order valence-electron chi connectivity index (χ3n) is 6.93. The molecule has 1 aliphatic rings. The molecule has 0 amide bonds. The number of pyridine rings is 1. The van der Waals surface area contributed by atoms with Crippen molar-refractivity contribution in [2.45, 2.75) is 32.7 Å². The van der Waals surface area contributed by atoms with Crippen LogP contribution < -0.4 is 4.90 Å². The number of hydrogen-bond donors (Lipinski definition) is 3. The second-order valence-electron chi connectivity index (χ2n) is 9.39. The number of H-pyrrole nitrogens is 2. The molecule has 1 aliphatic heterocycles. The minimum Gasteiger partial charge on any atom is -0.356 e. The van der Waals surface area contributed by atoms with Crippen LogP contribution >= 0.6 is 0 Å². The van der Waals surface area contributed by atoms with Gasteiger partial charge in [-0.05, 0) is 64.5 Å². The zero-order chi connectivity index (χ0) is 24.7. The van der Waals surface area contributed by atoms with Gasteiger partial charge in [0.05, 0.1) is 11.2 Å². The smallest absolute Gasteiger partial charge is 0.228 e. The summed E-state index contributed by atoms with van der Waals surface area (Å²) < 4.78 is 0. The molecule has 1 aromatic carbocycles. The molecular weight excluding hydrogens is 440 g/mol. The third-order valence-corrected chi connectivity index (χ3v) is 6.93. The highest BCUT2D eigenvalue weighted by atomic mass is 16.1. The van der Waals surface area contributed by atoms with E-state index in [1.54, 1.807) is 12.1 Å². The molecule has 4 aromatic rings. The van der Waals surface area contributed by atoms with Gasteiger partial charge in [-0.25, -0.2) is 9.97 Å². The van der Waals surface area contributed by atoms with Crippen LogP contribution in [0.25, 0.3) is 22.3 Å². The van der Waals surface area contributed by atoms with Crippen molar-refractivity contribution in [1.82, 2.24) is 30.0 Å². The first-order valence-electron chi connectivity index (χ1n) is 11.8. The summed E-state index contributed by atoms with van der Waals surface area (Å²) in [6.45, 7) is 5.74. The first-order valence-corrected chi connectivity index (χ1v) is 11.8. The van der Waals surface area contributed by atoms with E-state index in [0.717, 1.165) is 65.3 Å². The van der Waals surface area contributed by atoms with Crippen LogP contribution in [-0.4, -0.2) is 75.3 Å². The average molecular weight is 471 g/mol. The highest BCUT2D eigenvalue weighted by molar-refractivity contribution is 6.09. The van der Waals surface area contributed by atoms with Gasteiger partial charge in [0.2, 0.25) is 5.78 Å². The largest absolute Gasteiger partial charge is 0.356 e. The second kappa shape index (κ2) is 9.07. The molecule has 1 fully saturated rings. The number of imidazole rings is 1. The molecule has 4 heterocycles. The van der Waals surface area contributed by atoms with Crippen LogP contribution in [0.3, 0.4) is 0 Å². The fourth-order valence-corrected chi connectivity index (χ4v) is 4.90. The molecule has 0 spiro atoms. The summed E-state index contributed by atoms with van der Waals surface area (Å²) >= 11 is 0. The molecular formula is C26H30N8O. The lowest BCUT2D eigenvalue weighted by Gasteiger charge is -2.35. The number of ketones is 1. The number of carbonyl (C=O) groups excluding carboxylic acids is 1. The number of fused-ring (bicyclic) bond motifs is 1. The quantitative estimate of drug-likeness (QED) is 0.292. The molecule has 0 aliphatic carbocycles. The van der Waals surface area contributed by atoms with Gasteiger partial charge in [0.15, 0.2) is 11.5 Å². The molecule has 5 rings (SSSR count). The van der Waals surface area contributed by atoms with Crippen LogP contribution in [0.4, 0.5) is 5.82 Å². The molecule has 9 nitrogen and oxygen atoms in total. The van der Waals surface area contributed by atoms with Crippen molar-refractivity contribution < 1.29 is 4.79 Å². The van der Waals surface area contributed by atoms with Gasteiger partial charge in [0, 0.05) is 47.7 Å². The maximum Gasteiger partial charge on any atom is 0.228 e. The monoisotopic (exact) mass is 470 g/mol. The minimum atomic E-state index is -0.215. The van der Waals surface area contributed by atoms with Crippen LogP contribution in [-0.2, 0) is 0 Å². The molecule has 3 aromatic heterocycles. The molecule has 1 saturated heterocycles. The Morgan fingerprint density at radius 1 is 1.14 bits per heavy atom. The Kier molecular flexibility index (Phi) is 5.94. The summed E-state index contributed by atoms with van der Waals surface area (Å²) in [5.41, 5.74) is 5.92. The maximum atomic E-state index is 13.4. The second-order valence-corrected chi connectivity index (χ2v) is 9.39. The van der Waals surface area contributed by atoms with Gasteiger partial charge in [-0.2, -0.15) is 5.10 Å². The van der Waals surface area contributed by atoms with E-state index in [1.165, 1.54) is 6.21 Å². The zero-order valence-electron chi connectivity index (χ0n) is 20.5. The summed E-state index contributed by atoms with van der Waals surface area (Å²) in [7, 11) is 4.26. The van der Waals surface area contributed by atoms with E-state index in [9.17, 15) is 4.79 Å². The van der Waals surface area contributed by atoms with E-state index in [1.807, 2.05) is 32.0 Å². The van der Waals surface area contributed by atoms with E-state index in [2.05, 4.69) is 44.1 Å². The fourth-order valence-electron chi connectivity index (χ4n) is 4.90.